The van der Waals surface area contributed by atoms with Gasteiger partial charge in [-0.1, -0.05) is 21.1 Å². The Kier molecular flexibility index (Phi) is 6.86. The molecule has 0 fully saturated rings. The third-order valence-corrected chi connectivity index (χ3v) is 2.66. The molecule has 0 amide bonds. The smallest absolute Gasteiger partial charge is 0.344 e. The number of benzene rings is 1. The third-order valence-electron chi connectivity index (χ3n) is 2.21. The van der Waals surface area contributed by atoms with Crippen molar-refractivity contribution >= 4 is 28.1 Å². The largest absolute Gasteiger partial charge is 0.493 e. The van der Waals surface area contributed by atoms with Crippen LogP contribution >= 0.6 is 15.9 Å². The first kappa shape index (κ1) is 16.3. The highest BCUT2D eigenvalue weighted by Gasteiger charge is 2.14. The number of rotatable bonds is 7. The summed E-state index contributed by atoms with van der Waals surface area (Å²) in [6, 6.07) is 3.50. The van der Waals surface area contributed by atoms with Gasteiger partial charge in [0.25, 0.3) is 0 Å². The van der Waals surface area contributed by atoms with E-state index in [1.54, 1.807) is 19.1 Å². The van der Waals surface area contributed by atoms with Crippen molar-refractivity contribution in [2.24, 2.45) is 5.16 Å². The second-order valence-electron chi connectivity index (χ2n) is 3.54. The number of ether oxygens (including phenoxy) is 3. The zero-order valence-corrected chi connectivity index (χ0v) is 13.1. The summed E-state index contributed by atoms with van der Waals surface area (Å²) in [7, 11) is 2.95. The minimum atomic E-state index is -0.452. The highest BCUT2D eigenvalue weighted by atomic mass is 79.9. The summed E-state index contributed by atoms with van der Waals surface area (Å²) < 4.78 is 16.3. The van der Waals surface area contributed by atoms with Crippen LogP contribution in [0.15, 0.2) is 21.8 Å². The van der Waals surface area contributed by atoms with E-state index in [0.29, 0.717) is 23.7 Å². The van der Waals surface area contributed by atoms with Gasteiger partial charge in [0.2, 0.25) is 0 Å². The van der Waals surface area contributed by atoms with Crippen LogP contribution in [0.2, 0.25) is 0 Å². The van der Waals surface area contributed by atoms with Crippen molar-refractivity contribution in [3.63, 3.8) is 0 Å². The van der Waals surface area contributed by atoms with E-state index < -0.39 is 5.97 Å². The summed E-state index contributed by atoms with van der Waals surface area (Å²) in [6.07, 6.45) is 1.47. The number of nitrogens with zero attached hydrogens (tertiary/aromatic N) is 1. The van der Waals surface area contributed by atoms with E-state index in [1.165, 1.54) is 20.4 Å². The van der Waals surface area contributed by atoms with Crippen LogP contribution in [-0.4, -0.2) is 39.6 Å². The van der Waals surface area contributed by atoms with Crippen molar-refractivity contribution in [1.29, 1.82) is 0 Å². The van der Waals surface area contributed by atoms with E-state index >= 15 is 0 Å². The molecule has 1 rings (SSSR count). The zero-order chi connectivity index (χ0) is 15.0. The van der Waals surface area contributed by atoms with Crippen molar-refractivity contribution in [2.75, 3.05) is 27.4 Å². The first-order chi connectivity index (χ1) is 9.62. The molecule has 0 saturated carbocycles. The van der Waals surface area contributed by atoms with Gasteiger partial charge in [-0.05, 0) is 19.1 Å². The predicted molar refractivity (Wildman–Crippen MR) is 77.4 cm³/mol. The average molecular weight is 346 g/mol. The van der Waals surface area contributed by atoms with E-state index in [-0.39, 0.29) is 6.61 Å². The van der Waals surface area contributed by atoms with Crippen LogP contribution < -0.4 is 9.47 Å². The molecule has 0 atom stereocenters. The molecular weight excluding hydrogens is 330 g/mol. The number of hydrogen-bond acceptors (Lipinski definition) is 6. The van der Waals surface area contributed by atoms with Gasteiger partial charge < -0.3 is 19.0 Å². The molecule has 7 heteroatoms. The number of halogens is 1. The molecule has 0 bridgehead atoms. The van der Waals surface area contributed by atoms with Gasteiger partial charge in [0.15, 0.2) is 18.1 Å². The van der Waals surface area contributed by atoms with Crippen LogP contribution in [0.4, 0.5) is 0 Å². The third kappa shape index (κ3) is 4.73. The molecule has 0 unspecified atom stereocenters. The molecule has 0 N–H and O–H groups in total. The minimum absolute atomic E-state index is 0.209. The van der Waals surface area contributed by atoms with E-state index in [4.69, 9.17) is 14.2 Å². The summed E-state index contributed by atoms with van der Waals surface area (Å²) in [5, 5.41) is 3.69. The highest BCUT2D eigenvalue weighted by Crippen LogP contribution is 2.34. The lowest BCUT2D eigenvalue weighted by Gasteiger charge is -2.13. The quantitative estimate of drug-likeness (QED) is 0.431. The van der Waals surface area contributed by atoms with Crippen LogP contribution in [-0.2, 0) is 14.4 Å². The molecule has 0 aliphatic rings. The molecule has 20 heavy (non-hydrogen) atoms. The fourth-order valence-corrected chi connectivity index (χ4v) is 1.89. The molecule has 0 spiro atoms. The Balaban J connectivity index is 3.00. The molecule has 0 radical (unpaired) electrons. The second-order valence-corrected chi connectivity index (χ2v) is 4.45. The fraction of sp³-hybridized carbons (Fsp3) is 0.385. The van der Waals surface area contributed by atoms with Crippen LogP contribution in [0.3, 0.4) is 0 Å². The van der Waals surface area contributed by atoms with Gasteiger partial charge in [0.1, 0.15) is 7.11 Å². The van der Waals surface area contributed by atoms with Crippen molar-refractivity contribution in [2.45, 2.75) is 6.92 Å². The number of carbonyl (C=O) groups excluding carboxylic acids is 1. The zero-order valence-electron chi connectivity index (χ0n) is 11.5. The van der Waals surface area contributed by atoms with Gasteiger partial charge in [-0.3, -0.25) is 0 Å². The first-order valence-electron chi connectivity index (χ1n) is 5.84. The summed E-state index contributed by atoms with van der Waals surface area (Å²) >= 11 is 3.36. The summed E-state index contributed by atoms with van der Waals surface area (Å²) in [4.78, 5) is 16.0. The van der Waals surface area contributed by atoms with Gasteiger partial charge in [0, 0.05) is 10.0 Å². The van der Waals surface area contributed by atoms with Crippen LogP contribution in [0.25, 0.3) is 0 Å². The van der Waals surface area contributed by atoms with Crippen molar-refractivity contribution in [1.82, 2.24) is 0 Å². The van der Waals surface area contributed by atoms with Crippen molar-refractivity contribution in [3.05, 3.63) is 22.2 Å². The fourth-order valence-electron chi connectivity index (χ4n) is 1.43. The van der Waals surface area contributed by atoms with E-state index in [1.807, 2.05) is 0 Å². The predicted octanol–water partition coefficient (Wildman–Crippen LogP) is 2.38. The lowest BCUT2D eigenvalue weighted by Crippen LogP contribution is -2.15. The first-order valence-corrected chi connectivity index (χ1v) is 6.64. The molecule has 6 nitrogen and oxygen atoms in total. The van der Waals surface area contributed by atoms with Crippen LogP contribution in [0.5, 0.6) is 11.5 Å². The molecule has 0 aliphatic heterocycles. The molecule has 1 aromatic rings. The van der Waals surface area contributed by atoms with E-state index in [2.05, 4.69) is 25.9 Å². The average Bonchev–Trinajstić information content (AvgIpc) is 2.43. The molecule has 0 aliphatic carbocycles. The molecule has 1 aromatic carbocycles. The standard InChI is InChI=1S/C13H16BrNO5/c1-4-19-12(16)8-20-13-9(7-15-18-3)5-10(14)6-11(13)17-2/h5-7H,4,8H2,1-3H3/b15-7+. The Morgan fingerprint density at radius 2 is 2.15 bits per heavy atom. The van der Waals surface area contributed by atoms with Gasteiger partial charge in [-0.2, -0.15) is 0 Å². The Bertz CT molecular complexity index is 490. The molecule has 0 heterocycles. The Morgan fingerprint density at radius 1 is 1.40 bits per heavy atom. The second kappa shape index (κ2) is 8.42. The summed E-state index contributed by atoms with van der Waals surface area (Å²) in [6.45, 7) is 1.83. The maximum Gasteiger partial charge on any atom is 0.344 e. The Hall–Kier alpha value is -1.76. The van der Waals surface area contributed by atoms with Crippen LogP contribution in [0.1, 0.15) is 12.5 Å². The number of oxime groups is 1. The van der Waals surface area contributed by atoms with Crippen molar-refractivity contribution in [3.8, 4) is 11.5 Å². The van der Waals surface area contributed by atoms with Gasteiger partial charge >= 0.3 is 5.97 Å². The van der Waals surface area contributed by atoms with Crippen LogP contribution in [0, 0.1) is 0 Å². The number of methoxy groups -OCH3 is 1. The SMILES string of the molecule is CCOC(=O)COc1c(/C=N/OC)cc(Br)cc1OC. The molecular formula is C13H16BrNO5. The number of esters is 1. The van der Waals surface area contributed by atoms with Gasteiger partial charge in [-0.25, -0.2) is 4.79 Å². The Morgan fingerprint density at radius 3 is 2.75 bits per heavy atom. The lowest BCUT2D eigenvalue weighted by molar-refractivity contribution is -0.145. The van der Waals surface area contributed by atoms with E-state index in [9.17, 15) is 4.79 Å². The maximum absolute atomic E-state index is 11.4. The highest BCUT2D eigenvalue weighted by molar-refractivity contribution is 9.10. The van der Waals surface area contributed by atoms with Gasteiger partial charge in [0.05, 0.1) is 19.9 Å². The number of carbonyl (C=O) groups is 1. The van der Waals surface area contributed by atoms with E-state index in [0.717, 1.165) is 4.47 Å². The minimum Gasteiger partial charge on any atom is -0.493 e. The Labute approximate surface area is 125 Å². The maximum atomic E-state index is 11.4. The molecule has 110 valence electrons. The number of hydrogen-bond donors (Lipinski definition) is 0. The van der Waals surface area contributed by atoms with Crippen molar-refractivity contribution < 1.29 is 23.8 Å². The normalized spacial score (nSPS) is 10.4. The van der Waals surface area contributed by atoms with Gasteiger partial charge in [-0.15, -0.1) is 0 Å². The lowest BCUT2D eigenvalue weighted by atomic mass is 10.2. The topological polar surface area (TPSA) is 66.4 Å². The monoisotopic (exact) mass is 345 g/mol. The summed E-state index contributed by atoms with van der Waals surface area (Å²) in [5.41, 5.74) is 0.613. The molecule has 0 aromatic heterocycles. The summed E-state index contributed by atoms with van der Waals surface area (Å²) in [5.74, 6) is 0.415. The molecule has 0 saturated heterocycles.